The molecule has 0 saturated heterocycles. The summed E-state index contributed by atoms with van der Waals surface area (Å²) < 4.78 is 12.5. The molecule has 6 heteroatoms. The van der Waals surface area contributed by atoms with Gasteiger partial charge in [0.15, 0.2) is 5.78 Å². The summed E-state index contributed by atoms with van der Waals surface area (Å²) in [5.74, 6) is 2.80. The average Bonchev–Trinajstić information content (AvgIpc) is 3.64. The first-order valence-corrected chi connectivity index (χ1v) is 20.6. The number of benzene rings is 3. The van der Waals surface area contributed by atoms with Crippen LogP contribution in [0.1, 0.15) is 130 Å². The van der Waals surface area contributed by atoms with Gasteiger partial charge in [0.1, 0.15) is 22.9 Å². The Morgan fingerprint density at radius 1 is 0.825 bits per heavy atom. The van der Waals surface area contributed by atoms with E-state index < -0.39 is 0 Å². The molecular formula is C51H64IrNO4-. The van der Waals surface area contributed by atoms with Crippen molar-refractivity contribution in [1.82, 2.24) is 4.98 Å². The maximum Gasteiger partial charge on any atom is 0.220 e. The van der Waals surface area contributed by atoms with Crippen molar-refractivity contribution < 1.29 is 38.8 Å². The number of carbonyl (C=O) groups is 1. The minimum Gasteiger partial charge on any atom is -0.512 e. The van der Waals surface area contributed by atoms with Crippen molar-refractivity contribution in [2.75, 3.05) is 0 Å². The van der Waals surface area contributed by atoms with Crippen LogP contribution in [0.5, 0.6) is 0 Å². The third-order valence-electron chi connectivity index (χ3n) is 12.5. The van der Waals surface area contributed by atoms with Gasteiger partial charge in [-0.1, -0.05) is 117 Å². The maximum absolute atomic E-state index is 12.2. The molecular weight excluding hydrogens is 883 g/mol. The van der Waals surface area contributed by atoms with Gasteiger partial charge in [0.25, 0.3) is 0 Å². The van der Waals surface area contributed by atoms with Crippen molar-refractivity contribution in [2.24, 2.45) is 16.7 Å². The Bertz CT molecular complexity index is 2390. The van der Waals surface area contributed by atoms with Crippen LogP contribution in [0.25, 0.3) is 55.2 Å². The van der Waals surface area contributed by atoms with Crippen LogP contribution in [0.4, 0.5) is 0 Å². The van der Waals surface area contributed by atoms with Crippen LogP contribution < -0.4 is 0 Å². The molecule has 5 nitrogen and oxygen atoms in total. The number of pyridine rings is 1. The van der Waals surface area contributed by atoms with Crippen molar-refractivity contribution in [1.29, 1.82) is 0 Å². The smallest absolute Gasteiger partial charge is 0.220 e. The molecule has 3 aromatic carbocycles. The topological polar surface area (TPSA) is 76.5 Å². The number of nitrogens with zero attached hydrogens (tertiary/aromatic N) is 1. The Hall–Kier alpha value is -3.99. The third kappa shape index (κ3) is 9.34. The molecule has 0 aliphatic carbocycles. The largest absolute Gasteiger partial charge is 0.512 e. The number of fused-ring (bicyclic) bond motifs is 3. The van der Waals surface area contributed by atoms with E-state index in [1.165, 1.54) is 28.0 Å². The summed E-state index contributed by atoms with van der Waals surface area (Å²) >= 11 is 0. The van der Waals surface area contributed by atoms with Crippen LogP contribution in [-0.2, 0) is 36.7 Å². The van der Waals surface area contributed by atoms with Crippen molar-refractivity contribution >= 4 is 38.6 Å². The number of aliphatic hydroxyl groups is 1. The molecule has 307 valence electrons. The fourth-order valence-electron chi connectivity index (χ4n) is 7.40. The molecule has 0 saturated carbocycles. The summed E-state index contributed by atoms with van der Waals surface area (Å²) in [4.78, 5) is 17.2. The number of rotatable bonds is 11. The van der Waals surface area contributed by atoms with Crippen LogP contribution in [0.3, 0.4) is 0 Å². The van der Waals surface area contributed by atoms with Crippen LogP contribution in [-0.4, -0.2) is 15.9 Å². The SMILES string of the molecule is CCC(C)(CC)C(=O)/C=C(\O)C(C)(CC)CC.Cc1oc2nc(-c3[c-]c4ccccc4c(C(C)(C)C)c3)cc(-c3ccc4oc(CC(C)C)c(C)c4c3)c2c1C.[Ir]. The van der Waals surface area contributed by atoms with Crippen LogP contribution in [0.15, 0.2) is 75.3 Å². The van der Waals surface area contributed by atoms with Crippen molar-refractivity contribution in [3.05, 3.63) is 101 Å². The van der Waals surface area contributed by atoms with Gasteiger partial charge in [0, 0.05) is 65.5 Å². The van der Waals surface area contributed by atoms with E-state index in [1.54, 1.807) is 0 Å². The van der Waals surface area contributed by atoms with Gasteiger partial charge in [-0.25, -0.2) is 0 Å². The van der Waals surface area contributed by atoms with Gasteiger partial charge >= 0.3 is 0 Å². The standard InChI is InChI=1S/C36H36NO2.C15H28O2.Ir/c1-20(2)15-33-22(4)28-17-25(13-14-32(28)39-33)29-19-31(37-35-34(29)21(3)23(5)38-35)26-16-24-11-9-10-12-27(24)30(18-26)36(6,7)8;1-7-14(5,8-2)12(16)11-13(17)15(6,9-3)10-4;/h9-14,17-20H,15H2,1-8H3;11,16H,7-10H2,1-6H3;/q-1;;/b;12-11-;. The van der Waals surface area contributed by atoms with E-state index in [9.17, 15) is 9.90 Å². The number of hydrogen-bond donors (Lipinski definition) is 1. The number of aryl methyl sites for hydroxylation is 3. The predicted molar refractivity (Wildman–Crippen MR) is 236 cm³/mol. The van der Waals surface area contributed by atoms with Crippen LogP contribution >= 0.6 is 0 Å². The fourth-order valence-corrected chi connectivity index (χ4v) is 7.40. The minimum absolute atomic E-state index is 0. The van der Waals surface area contributed by atoms with Crippen LogP contribution in [0, 0.1) is 43.6 Å². The quantitative estimate of drug-likeness (QED) is 0.0795. The molecule has 57 heavy (non-hydrogen) atoms. The van der Waals surface area contributed by atoms with Crippen LogP contribution in [0.2, 0.25) is 0 Å². The minimum atomic E-state index is -0.337. The Balaban J connectivity index is 0.000000341. The van der Waals surface area contributed by atoms with E-state index in [0.717, 1.165) is 87.9 Å². The molecule has 0 aliphatic rings. The van der Waals surface area contributed by atoms with Gasteiger partial charge in [-0.05, 0) is 86.6 Å². The molecule has 0 atom stereocenters. The van der Waals surface area contributed by atoms with E-state index >= 15 is 0 Å². The first-order chi connectivity index (χ1) is 26.3. The number of furan rings is 2. The predicted octanol–water partition coefficient (Wildman–Crippen LogP) is 14.9. The molecule has 0 spiro atoms. The zero-order valence-electron chi connectivity index (χ0n) is 36.8. The molecule has 0 fully saturated rings. The fraction of sp³-hybridized carbons (Fsp3) is 0.451. The Morgan fingerprint density at radius 2 is 1.46 bits per heavy atom. The van der Waals surface area contributed by atoms with E-state index in [0.29, 0.717) is 11.6 Å². The number of aromatic nitrogens is 1. The Labute approximate surface area is 355 Å². The second-order valence-corrected chi connectivity index (χ2v) is 17.8. The molecule has 0 aliphatic heterocycles. The summed E-state index contributed by atoms with van der Waals surface area (Å²) in [5, 5.41) is 14.7. The van der Waals surface area contributed by atoms with Crippen molar-refractivity contribution in [2.45, 2.75) is 134 Å². The van der Waals surface area contributed by atoms with E-state index in [-0.39, 0.29) is 47.9 Å². The molecule has 1 N–H and O–H groups in total. The first kappa shape index (κ1) is 45.7. The second kappa shape index (κ2) is 17.9. The monoisotopic (exact) mass is 947 g/mol. The number of aliphatic hydroxyl groups excluding tert-OH is 1. The zero-order chi connectivity index (χ0) is 41.3. The van der Waals surface area contributed by atoms with E-state index in [4.69, 9.17) is 13.8 Å². The number of carbonyl (C=O) groups excluding carboxylic acids is 1. The summed E-state index contributed by atoms with van der Waals surface area (Å²) in [6, 6.07) is 23.2. The maximum atomic E-state index is 12.2. The molecule has 1 radical (unpaired) electrons. The van der Waals surface area contributed by atoms with Gasteiger partial charge < -0.3 is 13.9 Å². The third-order valence-corrected chi connectivity index (χ3v) is 12.5. The Morgan fingerprint density at radius 3 is 2.05 bits per heavy atom. The molecule has 3 aromatic heterocycles. The van der Waals surface area contributed by atoms with Crippen molar-refractivity contribution in [3.8, 4) is 22.4 Å². The summed E-state index contributed by atoms with van der Waals surface area (Å²) in [5.41, 5.74) is 8.73. The van der Waals surface area contributed by atoms with E-state index in [1.807, 2.05) is 48.5 Å². The number of hydrogen-bond acceptors (Lipinski definition) is 5. The van der Waals surface area contributed by atoms with Crippen molar-refractivity contribution in [3.63, 3.8) is 0 Å². The molecule has 6 rings (SSSR count). The molecule has 0 amide bonds. The van der Waals surface area contributed by atoms with E-state index in [2.05, 4.69) is 109 Å². The molecule has 0 bridgehead atoms. The summed E-state index contributed by atoms with van der Waals surface area (Å²) in [6.45, 7) is 29.6. The summed E-state index contributed by atoms with van der Waals surface area (Å²) in [6.07, 6.45) is 5.69. The van der Waals surface area contributed by atoms with Gasteiger partial charge in [0.2, 0.25) is 5.71 Å². The van der Waals surface area contributed by atoms with Gasteiger partial charge in [-0.2, -0.15) is 0 Å². The molecule has 0 unspecified atom stereocenters. The zero-order valence-corrected chi connectivity index (χ0v) is 39.2. The number of allylic oxidation sites excluding steroid dienone is 2. The van der Waals surface area contributed by atoms with Gasteiger partial charge in [-0.3, -0.25) is 9.78 Å². The van der Waals surface area contributed by atoms with Gasteiger partial charge in [0.05, 0.1) is 0 Å². The average molecular weight is 947 g/mol. The Kier molecular flexibility index (Phi) is 14.3. The molecule has 3 heterocycles. The second-order valence-electron chi connectivity index (χ2n) is 17.8. The normalized spacial score (nSPS) is 12.6. The first-order valence-electron chi connectivity index (χ1n) is 20.6. The number of ketones is 1. The van der Waals surface area contributed by atoms with Gasteiger partial charge in [-0.15, -0.1) is 29.1 Å². The molecule has 6 aromatic rings. The summed E-state index contributed by atoms with van der Waals surface area (Å²) in [7, 11) is 0.